The standard InChI is InChI=1S/C18H25FN2O3/c1-18(2,3)24-17(23)21-12-5-8-13-14(7-4-9-15(13)21)16(22)20-11-6-10-19/h4,7,9H,5-6,8,10-12H2,1-3H3,(H,20,22). The summed E-state index contributed by atoms with van der Waals surface area (Å²) in [5.74, 6) is -0.230. The Labute approximate surface area is 142 Å². The van der Waals surface area contributed by atoms with Gasteiger partial charge in [-0.15, -0.1) is 0 Å². The maximum atomic E-state index is 12.4. The molecule has 1 aromatic rings. The first-order valence-corrected chi connectivity index (χ1v) is 8.30. The van der Waals surface area contributed by atoms with Crippen LogP contribution in [0.4, 0.5) is 14.9 Å². The lowest BCUT2D eigenvalue weighted by Gasteiger charge is -2.32. The number of benzene rings is 1. The van der Waals surface area contributed by atoms with E-state index in [-0.39, 0.29) is 5.91 Å². The Morgan fingerprint density at radius 2 is 2.08 bits per heavy atom. The number of nitrogens with zero attached hydrogens (tertiary/aromatic N) is 1. The van der Waals surface area contributed by atoms with Crippen molar-refractivity contribution in [2.24, 2.45) is 0 Å². The van der Waals surface area contributed by atoms with E-state index in [1.165, 1.54) is 0 Å². The van der Waals surface area contributed by atoms with Gasteiger partial charge in [0.2, 0.25) is 0 Å². The first-order chi connectivity index (χ1) is 11.3. The highest BCUT2D eigenvalue weighted by molar-refractivity contribution is 5.99. The van der Waals surface area contributed by atoms with E-state index in [1.807, 2.05) is 26.8 Å². The minimum absolute atomic E-state index is 0.230. The van der Waals surface area contributed by atoms with Crippen LogP contribution in [0.25, 0.3) is 0 Å². The van der Waals surface area contributed by atoms with Crippen molar-refractivity contribution in [2.45, 2.75) is 45.6 Å². The zero-order valence-corrected chi connectivity index (χ0v) is 14.5. The molecule has 6 heteroatoms. The van der Waals surface area contributed by atoms with Gasteiger partial charge in [-0.25, -0.2) is 4.79 Å². The van der Waals surface area contributed by atoms with Crippen molar-refractivity contribution in [3.8, 4) is 0 Å². The largest absolute Gasteiger partial charge is 0.443 e. The number of carbonyl (C=O) groups excluding carboxylic acids is 2. The van der Waals surface area contributed by atoms with Crippen molar-refractivity contribution >= 4 is 17.7 Å². The molecule has 1 aliphatic rings. The predicted molar refractivity (Wildman–Crippen MR) is 91.3 cm³/mol. The highest BCUT2D eigenvalue weighted by atomic mass is 19.1. The quantitative estimate of drug-likeness (QED) is 0.857. The number of hydrogen-bond donors (Lipinski definition) is 1. The fourth-order valence-electron chi connectivity index (χ4n) is 2.71. The van der Waals surface area contributed by atoms with E-state index in [9.17, 15) is 14.0 Å². The van der Waals surface area contributed by atoms with Gasteiger partial charge in [-0.3, -0.25) is 14.1 Å². The number of ether oxygens (including phenoxy) is 1. The molecular formula is C18H25FN2O3. The zero-order chi connectivity index (χ0) is 17.7. The molecule has 1 aliphatic heterocycles. The van der Waals surface area contributed by atoms with Crippen LogP contribution in [0.5, 0.6) is 0 Å². The number of halogens is 1. The molecule has 5 nitrogen and oxygen atoms in total. The topological polar surface area (TPSA) is 58.6 Å². The summed E-state index contributed by atoms with van der Waals surface area (Å²) < 4.78 is 17.6. The van der Waals surface area contributed by atoms with Crippen LogP contribution in [0.15, 0.2) is 18.2 Å². The van der Waals surface area contributed by atoms with E-state index < -0.39 is 18.4 Å². The smallest absolute Gasteiger partial charge is 0.414 e. The van der Waals surface area contributed by atoms with Gasteiger partial charge in [0.1, 0.15) is 5.60 Å². The minimum atomic E-state index is -0.573. The molecule has 0 spiro atoms. The van der Waals surface area contributed by atoms with Gasteiger partial charge in [0, 0.05) is 18.7 Å². The van der Waals surface area contributed by atoms with Crippen LogP contribution in [0.2, 0.25) is 0 Å². The number of fused-ring (bicyclic) bond motifs is 1. The molecule has 0 aromatic heterocycles. The van der Waals surface area contributed by atoms with Crippen LogP contribution in [0, 0.1) is 0 Å². The van der Waals surface area contributed by atoms with Crippen molar-refractivity contribution in [2.75, 3.05) is 24.7 Å². The lowest BCUT2D eigenvalue weighted by atomic mass is 9.96. The molecule has 1 N–H and O–H groups in total. The number of hydrogen-bond acceptors (Lipinski definition) is 3. The Balaban J connectivity index is 2.23. The second-order valence-electron chi connectivity index (χ2n) is 6.84. The molecule has 2 amide bonds. The SMILES string of the molecule is CC(C)(C)OC(=O)N1CCCc2c(C(=O)NCCCF)cccc21. The number of alkyl halides is 1. The van der Waals surface area contributed by atoms with Crippen LogP contribution >= 0.6 is 0 Å². The number of nitrogens with one attached hydrogen (secondary N) is 1. The third-order valence-corrected chi connectivity index (χ3v) is 3.71. The summed E-state index contributed by atoms with van der Waals surface area (Å²) in [7, 11) is 0. The fraction of sp³-hybridized carbons (Fsp3) is 0.556. The summed E-state index contributed by atoms with van der Waals surface area (Å²) in [5, 5.41) is 2.72. The average Bonchev–Trinajstić information content (AvgIpc) is 2.52. The van der Waals surface area contributed by atoms with Gasteiger partial charge in [-0.2, -0.15) is 0 Å². The Bertz CT molecular complexity index is 611. The number of amides is 2. The molecule has 0 atom stereocenters. The lowest BCUT2D eigenvalue weighted by molar-refractivity contribution is 0.0577. The molecule has 0 radical (unpaired) electrons. The third-order valence-electron chi connectivity index (χ3n) is 3.71. The molecule has 0 unspecified atom stereocenters. The minimum Gasteiger partial charge on any atom is -0.443 e. The molecule has 0 bridgehead atoms. The highest BCUT2D eigenvalue weighted by Crippen LogP contribution is 2.31. The summed E-state index contributed by atoms with van der Waals surface area (Å²) in [4.78, 5) is 26.3. The molecule has 1 heterocycles. The summed E-state index contributed by atoms with van der Waals surface area (Å²) in [6.07, 6.45) is 1.38. The van der Waals surface area contributed by atoms with Crippen molar-refractivity contribution in [1.82, 2.24) is 5.32 Å². The number of rotatable bonds is 4. The maximum Gasteiger partial charge on any atom is 0.414 e. The first kappa shape index (κ1) is 18.2. The molecule has 2 rings (SSSR count). The summed E-state index contributed by atoms with van der Waals surface area (Å²) in [6, 6.07) is 5.32. The van der Waals surface area contributed by atoms with E-state index in [2.05, 4.69) is 5.32 Å². The third kappa shape index (κ3) is 4.46. The summed E-state index contributed by atoms with van der Waals surface area (Å²) in [6.45, 7) is 5.88. The van der Waals surface area contributed by atoms with E-state index in [1.54, 1.807) is 17.0 Å². The van der Waals surface area contributed by atoms with Gasteiger partial charge in [0.15, 0.2) is 0 Å². The normalized spacial score (nSPS) is 14.1. The van der Waals surface area contributed by atoms with Crippen molar-refractivity contribution in [1.29, 1.82) is 0 Å². The Hall–Kier alpha value is -2.11. The van der Waals surface area contributed by atoms with Gasteiger partial charge in [-0.1, -0.05) is 6.07 Å². The van der Waals surface area contributed by atoms with Crippen molar-refractivity contribution in [3.63, 3.8) is 0 Å². The van der Waals surface area contributed by atoms with Crippen molar-refractivity contribution in [3.05, 3.63) is 29.3 Å². The fourth-order valence-corrected chi connectivity index (χ4v) is 2.71. The first-order valence-electron chi connectivity index (χ1n) is 8.30. The van der Waals surface area contributed by atoms with Gasteiger partial charge in [0.05, 0.1) is 12.4 Å². The Kier molecular flexibility index (Phi) is 5.80. The van der Waals surface area contributed by atoms with Gasteiger partial charge >= 0.3 is 6.09 Å². The Morgan fingerprint density at radius 1 is 1.33 bits per heavy atom. The average molecular weight is 336 g/mol. The summed E-state index contributed by atoms with van der Waals surface area (Å²) >= 11 is 0. The molecule has 1 aromatic carbocycles. The zero-order valence-electron chi connectivity index (χ0n) is 14.5. The monoisotopic (exact) mass is 336 g/mol. The van der Waals surface area contributed by atoms with E-state index in [0.29, 0.717) is 30.8 Å². The van der Waals surface area contributed by atoms with Crippen LogP contribution in [-0.2, 0) is 11.2 Å². The van der Waals surface area contributed by atoms with Crippen molar-refractivity contribution < 1.29 is 18.7 Å². The number of carbonyl (C=O) groups is 2. The highest BCUT2D eigenvalue weighted by Gasteiger charge is 2.29. The maximum absolute atomic E-state index is 12.4. The molecule has 0 aliphatic carbocycles. The van der Waals surface area contributed by atoms with Gasteiger partial charge in [-0.05, 0) is 57.7 Å². The Morgan fingerprint density at radius 3 is 2.75 bits per heavy atom. The molecule has 24 heavy (non-hydrogen) atoms. The predicted octanol–water partition coefficient (Wildman–Crippen LogP) is 3.46. The summed E-state index contributed by atoms with van der Waals surface area (Å²) in [5.41, 5.74) is 1.52. The molecule has 132 valence electrons. The van der Waals surface area contributed by atoms with Gasteiger partial charge < -0.3 is 10.1 Å². The van der Waals surface area contributed by atoms with Crippen LogP contribution in [0.1, 0.15) is 49.5 Å². The van der Waals surface area contributed by atoms with Crippen LogP contribution in [-0.4, -0.2) is 37.4 Å². The van der Waals surface area contributed by atoms with Crippen LogP contribution in [0.3, 0.4) is 0 Å². The van der Waals surface area contributed by atoms with E-state index in [4.69, 9.17) is 4.74 Å². The second kappa shape index (κ2) is 7.64. The molecule has 0 saturated carbocycles. The van der Waals surface area contributed by atoms with E-state index in [0.717, 1.165) is 18.4 Å². The van der Waals surface area contributed by atoms with Gasteiger partial charge in [0.25, 0.3) is 5.91 Å². The van der Waals surface area contributed by atoms with E-state index >= 15 is 0 Å². The lowest BCUT2D eigenvalue weighted by Crippen LogP contribution is -2.40. The van der Waals surface area contributed by atoms with Crippen LogP contribution < -0.4 is 10.2 Å². The molecule has 0 fully saturated rings. The number of anilines is 1. The second-order valence-corrected chi connectivity index (χ2v) is 6.84. The molecular weight excluding hydrogens is 311 g/mol. The molecule has 0 saturated heterocycles.